The number of hydrogen-bond donors (Lipinski definition) is 4. The van der Waals surface area contributed by atoms with Gasteiger partial charge in [0, 0.05) is 0 Å². The highest BCUT2D eigenvalue weighted by molar-refractivity contribution is 5.75. The molecule has 7 heteroatoms. The first kappa shape index (κ1) is 14.9. The largest absolute Gasteiger partial charge is 0.459 e. The highest BCUT2D eigenvalue weighted by Gasteiger charge is 2.46. The highest BCUT2D eigenvalue weighted by Crippen LogP contribution is 2.21. The predicted molar refractivity (Wildman–Crippen MR) is 65.1 cm³/mol. The number of carbonyl (C=O) groups excluding carboxylic acids is 1. The van der Waals surface area contributed by atoms with Crippen molar-refractivity contribution in [2.75, 3.05) is 0 Å². The minimum absolute atomic E-state index is 0.0268. The Hall–Kier alpha value is -1.51. The molecule has 0 spiro atoms. The molecule has 1 aromatic rings. The van der Waals surface area contributed by atoms with Crippen molar-refractivity contribution < 1.29 is 34.7 Å². The predicted octanol–water partition coefficient (Wildman–Crippen LogP) is -1.47. The van der Waals surface area contributed by atoms with Gasteiger partial charge < -0.3 is 29.9 Å². The first-order chi connectivity index (χ1) is 9.50. The summed E-state index contributed by atoms with van der Waals surface area (Å²) in [5.74, 6) is -0.925. The van der Waals surface area contributed by atoms with Crippen LogP contribution in [0.1, 0.15) is 5.56 Å². The third-order valence-electron chi connectivity index (χ3n) is 3.04. The van der Waals surface area contributed by atoms with E-state index in [-0.39, 0.29) is 6.61 Å². The molecule has 3 unspecified atom stereocenters. The van der Waals surface area contributed by atoms with Crippen molar-refractivity contribution in [3.8, 4) is 0 Å². The molecule has 1 aliphatic rings. The van der Waals surface area contributed by atoms with Gasteiger partial charge in [-0.15, -0.1) is 0 Å². The average molecular weight is 284 g/mol. The Morgan fingerprint density at radius 2 is 1.70 bits per heavy atom. The lowest BCUT2D eigenvalue weighted by Gasteiger charge is -2.36. The second-order valence-electron chi connectivity index (χ2n) is 4.51. The first-order valence-corrected chi connectivity index (χ1v) is 6.09. The Kier molecular flexibility index (Phi) is 4.69. The van der Waals surface area contributed by atoms with Gasteiger partial charge in [0.1, 0.15) is 24.9 Å². The molecule has 0 bridgehead atoms. The third kappa shape index (κ3) is 3.14. The number of aliphatic hydroxyl groups is 4. The van der Waals surface area contributed by atoms with E-state index in [2.05, 4.69) is 0 Å². The van der Waals surface area contributed by atoms with E-state index in [9.17, 15) is 25.2 Å². The summed E-state index contributed by atoms with van der Waals surface area (Å²) in [6, 6.07) is 8.86. The Bertz CT molecular complexity index is 449. The Labute approximate surface area is 115 Å². The van der Waals surface area contributed by atoms with Crippen LogP contribution in [0.15, 0.2) is 30.3 Å². The van der Waals surface area contributed by atoms with Crippen LogP contribution in [0.4, 0.5) is 0 Å². The molecule has 0 aliphatic carbocycles. The molecule has 7 nitrogen and oxygen atoms in total. The fraction of sp³-hybridized carbons (Fsp3) is 0.462. The lowest BCUT2D eigenvalue weighted by Crippen LogP contribution is -2.59. The molecule has 1 heterocycles. The van der Waals surface area contributed by atoms with Crippen molar-refractivity contribution >= 4 is 5.97 Å². The minimum Gasteiger partial charge on any atom is -0.459 e. The van der Waals surface area contributed by atoms with Gasteiger partial charge in [0.25, 0.3) is 0 Å². The van der Waals surface area contributed by atoms with E-state index in [1.165, 1.54) is 0 Å². The summed E-state index contributed by atoms with van der Waals surface area (Å²) < 4.78 is 9.69. The summed E-state index contributed by atoms with van der Waals surface area (Å²) in [5.41, 5.74) is 0.743. The normalized spacial score (nSPS) is 33.7. The van der Waals surface area contributed by atoms with Crippen LogP contribution in [0.2, 0.25) is 0 Å². The van der Waals surface area contributed by atoms with Gasteiger partial charge in [-0.3, -0.25) is 0 Å². The van der Waals surface area contributed by atoms with Crippen LogP contribution in [0.25, 0.3) is 0 Å². The molecule has 1 aromatic carbocycles. The Morgan fingerprint density at radius 3 is 2.35 bits per heavy atom. The summed E-state index contributed by atoms with van der Waals surface area (Å²) in [5, 5.41) is 37.7. The maximum absolute atomic E-state index is 11.8. The van der Waals surface area contributed by atoms with Gasteiger partial charge in [0.15, 0.2) is 12.4 Å². The summed E-state index contributed by atoms with van der Waals surface area (Å²) in [6.07, 6.45) is -8.34. The van der Waals surface area contributed by atoms with Crippen LogP contribution in [-0.4, -0.2) is 57.1 Å². The topological polar surface area (TPSA) is 116 Å². The van der Waals surface area contributed by atoms with Crippen molar-refractivity contribution in [3.63, 3.8) is 0 Å². The second-order valence-corrected chi connectivity index (χ2v) is 4.51. The molecular formula is C13H16O7. The average Bonchev–Trinajstić information content (AvgIpc) is 2.47. The Balaban J connectivity index is 1.95. The zero-order valence-electron chi connectivity index (χ0n) is 10.5. The van der Waals surface area contributed by atoms with Gasteiger partial charge in [-0.25, -0.2) is 4.79 Å². The summed E-state index contributed by atoms with van der Waals surface area (Å²) in [7, 11) is 0. The summed E-state index contributed by atoms with van der Waals surface area (Å²) in [6.45, 7) is -0.0268. The number of hydrogen-bond acceptors (Lipinski definition) is 7. The molecule has 1 fully saturated rings. The first-order valence-electron chi connectivity index (χ1n) is 6.09. The molecular weight excluding hydrogens is 268 g/mol. The molecule has 20 heavy (non-hydrogen) atoms. The van der Waals surface area contributed by atoms with Gasteiger partial charge in [-0.05, 0) is 5.56 Å². The van der Waals surface area contributed by atoms with Crippen LogP contribution in [0.5, 0.6) is 0 Å². The van der Waals surface area contributed by atoms with E-state index in [1.807, 2.05) is 6.07 Å². The highest BCUT2D eigenvalue weighted by atomic mass is 16.7. The van der Waals surface area contributed by atoms with Crippen LogP contribution < -0.4 is 0 Å². The zero-order chi connectivity index (χ0) is 14.7. The van der Waals surface area contributed by atoms with E-state index in [0.717, 1.165) is 5.56 Å². The van der Waals surface area contributed by atoms with Gasteiger partial charge in [-0.1, -0.05) is 30.3 Å². The van der Waals surface area contributed by atoms with E-state index in [1.54, 1.807) is 24.3 Å². The maximum Gasteiger partial charge on any atom is 0.338 e. The minimum atomic E-state index is -1.76. The number of carbonyl (C=O) groups is 1. The van der Waals surface area contributed by atoms with Crippen LogP contribution in [0, 0.1) is 0 Å². The van der Waals surface area contributed by atoms with Gasteiger partial charge in [-0.2, -0.15) is 0 Å². The van der Waals surface area contributed by atoms with Crippen molar-refractivity contribution in [1.82, 2.24) is 0 Å². The number of esters is 1. The van der Waals surface area contributed by atoms with Crippen LogP contribution in [0.3, 0.4) is 0 Å². The van der Waals surface area contributed by atoms with Crippen LogP contribution in [-0.2, 0) is 20.9 Å². The maximum atomic E-state index is 11.8. The molecule has 1 saturated heterocycles. The SMILES string of the molecule is O=C(OCc1ccccc1)C1O[C@@H](O)[C@@H](O)C(O)C1O. The van der Waals surface area contributed by atoms with Gasteiger partial charge in [0.2, 0.25) is 0 Å². The fourth-order valence-electron chi connectivity index (χ4n) is 1.87. The zero-order valence-corrected chi connectivity index (χ0v) is 10.5. The Morgan fingerprint density at radius 1 is 1.05 bits per heavy atom. The number of rotatable bonds is 3. The van der Waals surface area contributed by atoms with Gasteiger partial charge >= 0.3 is 5.97 Å². The fourth-order valence-corrected chi connectivity index (χ4v) is 1.87. The smallest absolute Gasteiger partial charge is 0.338 e. The molecule has 0 radical (unpaired) electrons. The number of ether oxygens (including phenoxy) is 2. The summed E-state index contributed by atoms with van der Waals surface area (Å²) >= 11 is 0. The van der Waals surface area contributed by atoms with Crippen molar-refractivity contribution in [2.45, 2.75) is 37.3 Å². The van der Waals surface area contributed by atoms with Gasteiger partial charge in [0.05, 0.1) is 0 Å². The van der Waals surface area contributed by atoms with Crippen molar-refractivity contribution in [3.05, 3.63) is 35.9 Å². The molecule has 110 valence electrons. The lowest BCUT2D eigenvalue weighted by molar-refractivity contribution is -0.281. The van der Waals surface area contributed by atoms with Crippen molar-refractivity contribution in [1.29, 1.82) is 0 Å². The van der Waals surface area contributed by atoms with E-state index in [0.29, 0.717) is 0 Å². The molecule has 1 aliphatic heterocycles. The molecule has 5 atom stereocenters. The van der Waals surface area contributed by atoms with E-state index in [4.69, 9.17) is 9.47 Å². The monoisotopic (exact) mass is 284 g/mol. The molecule has 0 aromatic heterocycles. The van der Waals surface area contributed by atoms with E-state index >= 15 is 0 Å². The summed E-state index contributed by atoms with van der Waals surface area (Å²) in [4.78, 5) is 11.8. The third-order valence-corrected chi connectivity index (χ3v) is 3.04. The van der Waals surface area contributed by atoms with E-state index < -0.39 is 36.7 Å². The molecule has 2 rings (SSSR count). The quantitative estimate of drug-likeness (QED) is 0.501. The number of benzene rings is 1. The van der Waals surface area contributed by atoms with Crippen LogP contribution >= 0.6 is 0 Å². The molecule has 0 saturated carbocycles. The van der Waals surface area contributed by atoms with Crippen molar-refractivity contribution in [2.24, 2.45) is 0 Å². The number of aliphatic hydroxyl groups excluding tert-OH is 4. The molecule has 0 amide bonds. The standard InChI is InChI=1S/C13H16O7/c14-8-9(15)11(20-12(17)10(8)16)13(18)19-6-7-4-2-1-3-5-7/h1-5,8-12,14-17H,6H2/t8?,9?,10-,11?,12+/m0/s1. The lowest BCUT2D eigenvalue weighted by atomic mass is 9.99. The second kappa shape index (κ2) is 6.29. The molecule has 4 N–H and O–H groups in total.